The third kappa shape index (κ3) is 3.59. The Morgan fingerprint density at radius 3 is 2.45 bits per heavy atom. The number of hydrogen-bond donors (Lipinski definition) is 2. The van der Waals surface area contributed by atoms with Crippen molar-refractivity contribution in [1.82, 2.24) is 0 Å². The number of para-hydroxylation sites is 1. The van der Waals surface area contributed by atoms with Gasteiger partial charge in [0.2, 0.25) is 0 Å². The monoisotopic (exact) mass is 271 g/mol. The molecule has 0 bridgehead atoms. The van der Waals surface area contributed by atoms with Gasteiger partial charge in [-0.1, -0.05) is 37.3 Å². The van der Waals surface area contributed by atoms with Gasteiger partial charge in [-0.25, -0.2) is 0 Å². The van der Waals surface area contributed by atoms with Crippen LogP contribution < -0.4 is 10.5 Å². The van der Waals surface area contributed by atoms with E-state index in [4.69, 9.17) is 15.6 Å². The number of ether oxygens (including phenoxy) is 1. The van der Waals surface area contributed by atoms with E-state index in [0.717, 1.165) is 29.0 Å². The van der Waals surface area contributed by atoms with Gasteiger partial charge < -0.3 is 15.6 Å². The third-order valence-corrected chi connectivity index (χ3v) is 3.33. The largest absolute Gasteiger partial charge is 0.457 e. The van der Waals surface area contributed by atoms with Gasteiger partial charge in [-0.3, -0.25) is 0 Å². The van der Waals surface area contributed by atoms with Crippen molar-refractivity contribution in [2.45, 2.75) is 25.8 Å². The first-order valence-corrected chi connectivity index (χ1v) is 6.96. The zero-order chi connectivity index (χ0) is 14.4. The first-order valence-electron chi connectivity index (χ1n) is 6.96. The summed E-state index contributed by atoms with van der Waals surface area (Å²) >= 11 is 0. The maximum atomic E-state index is 9.07. The van der Waals surface area contributed by atoms with Crippen LogP contribution in [0.2, 0.25) is 0 Å². The Hall–Kier alpha value is -1.84. The highest BCUT2D eigenvalue weighted by Gasteiger charge is 2.06. The molecule has 0 fully saturated rings. The second-order valence-electron chi connectivity index (χ2n) is 4.77. The SMILES string of the molecule is CC[C@@H](N)c1ccc(Oc2ccccc2CCO)cc1. The normalized spacial score (nSPS) is 12.2. The Morgan fingerprint density at radius 1 is 1.10 bits per heavy atom. The highest BCUT2D eigenvalue weighted by Crippen LogP contribution is 2.26. The summed E-state index contributed by atoms with van der Waals surface area (Å²) in [4.78, 5) is 0. The van der Waals surface area contributed by atoms with Gasteiger partial charge in [0.05, 0.1) is 0 Å². The number of rotatable bonds is 6. The Balaban J connectivity index is 2.14. The summed E-state index contributed by atoms with van der Waals surface area (Å²) in [6.45, 7) is 2.19. The lowest BCUT2D eigenvalue weighted by molar-refractivity contribution is 0.298. The van der Waals surface area contributed by atoms with Crippen molar-refractivity contribution in [3.8, 4) is 11.5 Å². The average molecular weight is 271 g/mol. The zero-order valence-electron chi connectivity index (χ0n) is 11.8. The number of nitrogens with two attached hydrogens (primary N) is 1. The van der Waals surface area contributed by atoms with E-state index in [9.17, 15) is 0 Å². The topological polar surface area (TPSA) is 55.5 Å². The van der Waals surface area contributed by atoms with Gasteiger partial charge in [0.15, 0.2) is 0 Å². The van der Waals surface area contributed by atoms with E-state index >= 15 is 0 Å². The van der Waals surface area contributed by atoms with Crippen molar-refractivity contribution < 1.29 is 9.84 Å². The summed E-state index contributed by atoms with van der Waals surface area (Å²) in [6, 6.07) is 15.7. The second-order valence-corrected chi connectivity index (χ2v) is 4.77. The van der Waals surface area contributed by atoms with E-state index in [-0.39, 0.29) is 12.6 Å². The molecule has 0 aliphatic rings. The fourth-order valence-corrected chi connectivity index (χ4v) is 2.08. The van der Waals surface area contributed by atoms with Crippen LogP contribution in [-0.4, -0.2) is 11.7 Å². The van der Waals surface area contributed by atoms with Crippen LogP contribution in [0.3, 0.4) is 0 Å². The summed E-state index contributed by atoms with van der Waals surface area (Å²) < 4.78 is 5.88. The van der Waals surface area contributed by atoms with Crippen LogP contribution in [0.5, 0.6) is 11.5 Å². The molecule has 0 aliphatic carbocycles. The molecule has 3 N–H and O–H groups in total. The van der Waals surface area contributed by atoms with Crippen LogP contribution in [0.15, 0.2) is 48.5 Å². The summed E-state index contributed by atoms with van der Waals surface area (Å²) in [5, 5.41) is 9.07. The van der Waals surface area contributed by atoms with Gasteiger partial charge in [-0.2, -0.15) is 0 Å². The number of aliphatic hydroxyl groups is 1. The quantitative estimate of drug-likeness (QED) is 0.846. The molecule has 2 rings (SSSR count). The number of hydrogen-bond acceptors (Lipinski definition) is 3. The van der Waals surface area contributed by atoms with E-state index in [0.29, 0.717) is 6.42 Å². The molecular weight excluding hydrogens is 250 g/mol. The van der Waals surface area contributed by atoms with E-state index in [1.54, 1.807) is 0 Å². The Morgan fingerprint density at radius 2 is 1.80 bits per heavy atom. The van der Waals surface area contributed by atoms with E-state index in [1.165, 1.54) is 0 Å². The fraction of sp³-hybridized carbons (Fsp3) is 0.294. The van der Waals surface area contributed by atoms with Crippen LogP contribution in [0, 0.1) is 0 Å². The molecule has 106 valence electrons. The van der Waals surface area contributed by atoms with Crippen molar-refractivity contribution in [2.75, 3.05) is 6.61 Å². The molecule has 0 aromatic heterocycles. The van der Waals surface area contributed by atoms with Gasteiger partial charge in [0.25, 0.3) is 0 Å². The van der Waals surface area contributed by atoms with Crippen LogP contribution in [0.4, 0.5) is 0 Å². The minimum atomic E-state index is 0.0747. The van der Waals surface area contributed by atoms with Gasteiger partial charge >= 0.3 is 0 Å². The number of aliphatic hydroxyl groups excluding tert-OH is 1. The molecular formula is C17H21NO2. The van der Waals surface area contributed by atoms with Gasteiger partial charge in [-0.15, -0.1) is 0 Å². The van der Waals surface area contributed by atoms with E-state index < -0.39 is 0 Å². The molecule has 0 unspecified atom stereocenters. The zero-order valence-corrected chi connectivity index (χ0v) is 11.8. The summed E-state index contributed by atoms with van der Waals surface area (Å²) in [5.41, 5.74) is 8.11. The predicted octanol–water partition coefficient (Wildman–Crippen LogP) is 3.42. The van der Waals surface area contributed by atoms with Gasteiger partial charge in [0.1, 0.15) is 11.5 Å². The second kappa shape index (κ2) is 7.08. The minimum absolute atomic E-state index is 0.0747. The van der Waals surface area contributed by atoms with Crippen molar-refractivity contribution >= 4 is 0 Å². The van der Waals surface area contributed by atoms with Crippen LogP contribution in [0.25, 0.3) is 0 Å². The molecule has 2 aromatic rings. The first-order chi connectivity index (χ1) is 9.74. The molecule has 0 amide bonds. The Bertz CT molecular complexity index is 537. The standard InChI is InChI=1S/C17H21NO2/c1-2-16(18)13-7-9-15(10-8-13)20-17-6-4-3-5-14(17)11-12-19/h3-10,16,19H,2,11-12,18H2,1H3/t16-/m1/s1. The lowest BCUT2D eigenvalue weighted by atomic mass is 10.1. The van der Waals surface area contributed by atoms with Crippen molar-refractivity contribution in [2.24, 2.45) is 5.73 Å². The molecule has 0 heterocycles. The van der Waals surface area contributed by atoms with Gasteiger partial charge in [0, 0.05) is 12.6 Å². The van der Waals surface area contributed by atoms with Crippen LogP contribution in [-0.2, 0) is 6.42 Å². The van der Waals surface area contributed by atoms with Gasteiger partial charge in [-0.05, 0) is 42.2 Å². The molecule has 3 heteroatoms. The lowest BCUT2D eigenvalue weighted by Crippen LogP contribution is -2.08. The lowest BCUT2D eigenvalue weighted by Gasteiger charge is -2.12. The molecule has 20 heavy (non-hydrogen) atoms. The maximum absolute atomic E-state index is 9.07. The highest BCUT2D eigenvalue weighted by molar-refractivity contribution is 5.39. The highest BCUT2D eigenvalue weighted by atomic mass is 16.5. The summed E-state index contributed by atoms with van der Waals surface area (Å²) in [7, 11) is 0. The molecule has 0 saturated carbocycles. The van der Waals surface area contributed by atoms with Crippen LogP contribution in [0.1, 0.15) is 30.5 Å². The molecule has 3 nitrogen and oxygen atoms in total. The average Bonchev–Trinajstić information content (AvgIpc) is 2.49. The summed E-state index contributed by atoms with van der Waals surface area (Å²) in [6.07, 6.45) is 1.51. The molecule has 0 saturated heterocycles. The summed E-state index contributed by atoms with van der Waals surface area (Å²) in [5.74, 6) is 1.57. The van der Waals surface area contributed by atoms with E-state index in [1.807, 2.05) is 48.5 Å². The predicted molar refractivity (Wildman–Crippen MR) is 81.0 cm³/mol. The Kier molecular flexibility index (Phi) is 5.16. The molecule has 0 aliphatic heterocycles. The van der Waals surface area contributed by atoms with Crippen molar-refractivity contribution in [1.29, 1.82) is 0 Å². The molecule has 1 atom stereocenters. The third-order valence-electron chi connectivity index (χ3n) is 3.33. The van der Waals surface area contributed by atoms with Crippen LogP contribution >= 0.6 is 0 Å². The molecule has 0 radical (unpaired) electrons. The molecule has 0 spiro atoms. The molecule has 2 aromatic carbocycles. The maximum Gasteiger partial charge on any atom is 0.130 e. The number of benzene rings is 2. The van der Waals surface area contributed by atoms with Crippen molar-refractivity contribution in [3.63, 3.8) is 0 Å². The first kappa shape index (κ1) is 14.6. The fourth-order valence-electron chi connectivity index (χ4n) is 2.08. The Labute approximate surface area is 120 Å². The smallest absolute Gasteiger partial charge is 0.130 e. The van der Waals surface area contributed by atoms with E-state index in [2.05, 4.69) is 6.92 Å². The van der Waals surface area contributed by atoms with Crippen molar-refractivity contribution in [3.05, 3.63) is 59.7 Å². The minimum Gasteiger partial charge on any atom is -0.457 e.